The number of carboxylic acids is 1. The Morgan fingerprint density at radius 3 is 1.65 bits per heavy atom. The van der Waals surface area contributed by atoms with Crippen molar-refractivity contribution in [2.45, 2.75) is 50.4 Å². The molecule has 240 valence electrons. The maximum absolute atomic E-state index is 10.9. The van der Waals surface area contributed by atoms with Crippen molar-refractivity contribution < 1.29 is 24.2 Å². The third-order valence-electron chi connectivity index (χ3n) is 9.06. The number of benzene rings is 4. The van der Waals surface area contributed by atoms with Gasteiger partial charge < -0.3 is 19.4 Å². The number of pyridine rings is 2. The minimum atomic E-state index is -1.13. The highest BCUT2D eigenvalue weighted by molar-refractivity contribution is 6.21. The van der Waals surface area contributed by atoms with Gasteiger partial charge in [0.15, 0.2) is 6.21 Å². The second-order valence-electron chi connectivity index (χ2n) is 12.1. The van der Waals surface area contributed by atoms with Gasteiger partial charge in [-0.25, -0.2) is 14.8 Å². The van der Waals surface area contributed by atoms with Crippen LogP contribution in [0.2, 0.25) is 0 Å². The van der Waals surface area contributed by atoms with E-state index in [2.05, 4.69) is 53.7 Å². The van der Waals surface area contributed by atoms with E-state index in [0.29, 0.717) is 13.2 Å². The summed E-state index contributed by atoms with van der Waals surface area (Å²) in [5.74, 6) is 0.419. The summed E-state index contributed by atoms with van der Waals surface area (Å²) in [7, 11) is 0. The first-order valence-corrected chi connectivity index (χ1v) is 16.1. The Balaban J connectivity index is 1.07. The first-order valence-electron chi connectivity index (χ1n) is 16.1. The Morgan fingerprint density at radius 2 is 1.17 bits per heavy atom. The lowest BCUT2D eigenvalue weighted by Crippen LogP contribution is -2.35. The van der Waals surface area contributed by atoms with Crippen molar-refractivity contribution in [3.63, 3.8) is 0 Å². The first-order chi connectivity index (χ1) is 23.5. The molecule has 1 aliphatic rings. The van der Waals surface area contributed by atoms with Crippen LogP contribution in [0.15, 0.2) is 126 Å². The molecule has 0 unspecified atom stereocenters. The quantitative estimate of drug-likeness (QED) is 0.113. The Bertz CT molecular complexity index is 1920. The van der Waals surface area contributed by atoms with E-state index in [-0.39, 0.29) is 11.5 Å². The third-order valence-corrected chi connectivity index (χ3v) is 9.06. The van der Waals surface area contributed by atoms with Crippen molar-refractivity contribution in [2.24, 2.45) is 5.16 Å². The second-order valence-corrected chi connectivity index (χ2v) is 12.1. The van der Waals surface area contributed by atoms with Gasteiger partial charge >= 0.3 is 5.97 Å². The maximum Gasteiger partial charge on any atom is 0.350 e. The molecular formula is C40H35N3O5. The molecule has 0 atom stereocenters. The average Bonchev–Trinajstić information content (AvgIpc) is 3.13. The van der Waals surface area contributed by atoms with Crippen LogP contribution in [0.4, 0.5) is 0 Å². The van der Waals surface area contributed by atoms with E-state index >= 15 is 0 Å². The van der Waals surface area contributed by atoms with Crippen LogP contribution < -0.4 is 9.47 Å². The molecule has 8 nitrogen and oxygen atoms in total. The van der Waals surface area contributed by atoms with Gasteiger partial charge in [0.1, 0.15) is 30.8 Å². The van der Waals surface area contributed by atoms with Crippen molar-refractivity contribution in [3.8, 4) is 11.5 Å². The van der Waals surface area contributed by atoms with E-state index in [1.54, 1.807) is 0 Å². The minimum Gasteiger partial charge on any atom is -0.487 e. The SMILES string of the molecule is O=C(O)/C=N/OC1CCC(c2ccc(OCc3ccc4ccccc4n3)cc2)(c2ccc(OCc3ccc4ccccc4n3)cc2)CC1. The van der Waals surface area contributed by atoms with Gasteiger partial charge in [-0.2, -0.15) is 0 Å². The number of rotatable bonds is 11. The summed E-state index contributed by atoms with van der Waals surface area (Å²) in [4.78, 5) is 25.9. The lowest BCUT2D eigenvalue weighted by Gasteiger charge is -2.40. The summed E-state index contributed by atoms with van der Waals surface area (Å²) < 4.78 is 12.3. The largest absolute Gasteiger partial charge is 0.487 e. The molecule has 48 heavy (non-hydrogen) atoms. The molecule has 8 heteroatoms. The number of oxime groups is 1. The van der Waals surface area contributed by atoms with Crippen LogP contribution >= 0.6 is 0 Å². The van der Waals surface area contributed by atoms with Crippen LogP contribution in [0.1, 0.15) is 48.2 Å². The predicted octanol–water partition coefficient (Wildman–Crippen LogP) is 8.26. The summed E-state index contributed by atoms with van der Waals surface area (Å²) in [5.41, 5.74) is 5.73. The molecule has 0 bridgehead atoms. The highest BCUT2D eigenvalue weighted by Gasteiger charge is 2.39. The van der Waals surface area contributed by atoms with Gasteiger partial charge in [0.25, 0.3) is 0 Å². The molecule has 0 aliphatic heterocycles. The van der Waals surface area contributed by atoms with Gasteiger partial charge in [-0.1, -0.05) is 78.0 Å². The number of aromatic nitrogens is 2. The lowest BCUT2D eigenvalue weighted by atomic mass is 9.65. The molecule has 1 aliphatic carbocycles. The molecule has 0 radical (unpaired) electrons. The van der Waals surface area contributed by atoms with E-state index in [0.717, 1.165) is 76.6 Å². The zero-order valence-electron chi connectivity index (χ0n) is 26.4. The molecule has 6 aromatic rings. The Kier molecular flexibility index (Phi) is 8.96. The highest BCUT2D eigenvalue weighted by Crippen LogP contribution is 2.46. The van der Waals surface area contributed by atoms with Crippen LogP contribution in [-0.2, 0) is 28.3 Å². The van der Waals surface area contributed by atoms with Crippen molar-refractivity contribution in [1.29, 1.82) is 0 Å². The smallest absolute Gasteiger partial charge is 0.350 e. The Labute approximate surface area is 278 Å². The standard InChI is InChI=1S/C40H35N3O5/c44-39(45)25-41-48-36-21-23-40(24-22-36,30-11-17-34(18-12-30)46-26-32-15-9-28-5-1-3-7-37(28)42-32)31-13-19-35(20-14-31)47-27-33-16-10-29-6-2-4-8-38(29)43-33/h1-20,25,36H,21-24,26-27H2,(H,44,45)/b41-25+. The number of hydrogen-bond acceptors (Lipinski definition) is 7. The highest BCUT2D eigenvalue weighted by atomic mass is 16.6. The van der Waals surface area contributed by atoms with E-state index in [1.807, 2.05) is 72.8 Å². The number of carbonyl (C=O) groups is 1. The van der Waals surface area contributed by atoms with Gasteiger partial charge in [0.05, 0.1) is 22.4 Å². The topological polar surface area (TPSA) is 103 Å². The molecule has 1 fully saturated rings. The van der Waals surface area contributed by atoms with E-state index < -0.39 is 5.97 Å². The van der Waals surface area contributed by atoms with Gasteiger partial charge in [0, 0.05) is 16.2 Å². The fraction of sp³-hybridized carbons (Fsp3) is 0.200. The zero-order valence-corrected chi connectivity index (χ0v) is 26.4. The van der Waals surface area contributed by atoms with Crippen LogP contribution in [0, 0.1) is 0 Å². The normalized spacial score (nSPS) is 14.7. The maximum atomic E-state index is 10.9. The van der Waals surface area contributed by atoms with E-state index in [1.165, 1.54) is 11.1 Å². The van der Waals surface area contributed by atoms with Gasteiger partial charge in [-0.05, 0) is 85.3 Å². The first kappa shape index (κ1) is 30.9. The molecule has 0 saturated heterocycles. The average molecular weight is 638 g/mol. The number of carboxylic acid groups (broad SMARTS) is 1. The van der Waals surface area contributed by atoms with Gasteiger partial charge in [-0.3, -0.25) is 0 Å². The number of aliphatic carboxylic acids is 1. The molecule has 2 heterocycles. The minimum absolute atomic E-state index is 0.150. The summed E-state index contributed by atoms with van der Waals surface area (Å²) in [6.45, 7) is 0.753. The van der Waals surface area contributed by atoms with Crippen LogP contribution in [0.5, 0.6) is 11.5 Å². The number of nitrogens with zero attached hydrogens (tertiary/aromatic N) is 3. The van der Waals surface area contributed by atoms with Crippen molar-refractivity contribution in [1.82, 2.24) is 9.97 Å². The molecule has 7 rings (SSSR count). The van der Waals surface area contributed by atoms with Crippen LogP contribution in [0.25, 0.3) is 21.8 Å². The third kappa shape index (κ3) is 6.98. The molecule has 0 spiro atoms. The molecule has 0 amide bonds. The van der Waals surface area contributed by atoms with Crippen LogP contribution in [0.3, 0.4) is 0 Å². The summed E-state index contributed by atoms with van der Waals surface area (Å²) >= 11 is 0. The number of hydrogen-bond donors (Lipinski definition) is 1. The van der Waals surface area contributed by atoms with E-state index in [4.69, 9.17) is 29.4 Å². The van der Waals surface area contributed by atoms with Gasteiger partial charge in [-0.15, -0.1) is 0 Å². The zero-order chi connectivity index (χ0) is 32.8. The predicted molar refractivity (Wildman–Crippen MR) is 185 cm³/mol. The number of fused-ring (bicyclic) bond motifs is 2. The molecular weight excluding hydrogens is 602 g/mol. The van der Waals surface area contributed by atoms with Crippen molar-refractivity contribution in [2.75, 3.05) is 0 Å². The lowest BCUT2D eigenvalue weighted by molar-refractivity contribution is -0.129. The van der Waals surface area contributed by atoms with Crippen LogP contribution in [-0.4, -0.2) is 33.4 Å². The Morgan fingerprint density at radius 1 is 0.688 bits per heavy atom. The monoisotopic (exact) mass is 637 g/mol. The summed E-state index contributed by atoms with van der Waals surface area (Å²) in [6, 6.07) is 40.9. The number of para-hydroxylation sites is 2. The molecule has 1 N–H and O–H groups in total. The van der Waals surface area contributed by atoms with Gasteiger partial charge in [0.2, 0.25) is 0 Å². The molecule has 1 saturated carbocycles. The Hall–Kier alpha value is -5.76. The van der Waals surface area contributed by atoms with Crippen molar-refractivity contribution >= 4 is 34.0 Å². The second kappa shape index (κ2) is 13.9. The number of ether oxygens (including phenoxy) is 2. The fourth-order valence-corrected chi connectivity index (χ4v) is 6.53. The van der Waals surface area contributed by atoms with Crippen molar-refractivity contribution in [3.05, 3.63) is 144 Å². The molecule has 4 aromatic carbocycles. The fourth-order valence-electron chi connectivity index (χ4n) is 6.53. The van der Waals surface area contributed by atoms with E-state index in [9.17, 15) is 4.79 Å². The summed E-state index contributed by atoms with van der Waals surface area (Å²) in [5, 5.41) is 14.8. The molecule has 2 aromatic heterocycles. The summed E-state index contributed by atoms with van der Waals surface area (Å²) in [6.07, 6.45) is 3.72.